The van der Waals surface area contributed by atoms with Gasteiger partial charge in [-0.05, 0) is 32.4 Å². The lowest BCUT2D eigenvalue weighted by Crippen LogP contribution is -1.95. The highest BCUT2D eigenvalue weighted by molar-refractivity contribution is 5.97. The predicted octanol–water partition coefficient (Wildman–Crippen LogP) is 3.81. The number of aldehydes is 1. The molecular formula is C15H17NO. The smallest absolute Gasteiger partial charge is 0.150 e. The van der Waals surface area contributed by atoms with E-state index in [4.69, 9.17) is 0 Å². The zero-order valence-corrected chi connectivity index (χ0v) is 10.3. The van der Waals surface area contributed by atoms with Crippen LogP contribution in [0.25, 0.3) is 10.9 Å². The first-order valence-electron chi connectivity index (χ1n) is 5.89. The van der Waals surface area contributed by atoms with Crippen LogP contribution >= 0.6 is 0 Å². The van der Waals surface area contributed by atoms with Crippen LogP contribution in [-0.2, 0) is 6.54 Å². The fourth-order valence-corrected chi connectivity index (χ4v) is 2.04. The molecule has 2 rings (SSSR count). The number of nitrogens with zero attached hydrogens (tertiary/aromatic N) is 1. The third-order valence-electron chi connectivity index (χ3n) is 2.90. The molecule has 0 atom stereocenters. The van der Waals surface area contributed by atoms with Crippen LogP contribution in [-0.4, -0.2) is 10.9 Å². The van der Waals surface area contributed by atoms with Gasteiger partial charge in [-0.15, -0.1) is 0 Å². The minimum absolute atomic E-state index is 0.767. The summed E-state index contributed by atoms with van der Waals surface area (Å²) in [5.74, 6) is 0. The van der Waals surface area contributed by atoms with Gasteiger partial charge in [0.25, 0.3) is 0 Å². The number of aryl methyl sites for hydroxylation is 1. The number of hydrogen-bond acceptors (Lipinski definition) is 1. The van der Waals surface area contributed by atoms with Crippen LogP contribution < -0.4 is 0 Å². The molecule has 1 aromatic heterocycles. The van der Waals surface area contributed by atoms with Crippen LogP contribution in [0.4, 0.5) is 0 Å². The number of carbonyl (C=O) groups is 1. The number of carbonyl (C=O) groups excluding carboxylic acids is 1. The van der Waals surface area contributed by atoms with Crippen molar-refractivity contribution in [3.63, 3.8) is 0 Å². The maximum absolute atomic E-state index is 10.9. The molecule has 1 heterocycles. The molecule has 88 valence electrons. The van der Waals surface area contributed by atoms with Crippen LogP contribution in [0.2, 0.25) is 0 Å². The highest BCUT2D eigenvalue weighted by Crippen LogP contribution is 2.19. The molecule has 0 amide bonds. The Morgan fingerprint density at radius 3 is 2.82 bits per heavy atom. The Labute approximate surface area is 102 Å². The summed E-state index contributed by atoms with van der Waals surface area (Å²) in [6.07, 6.45) is 6.23. The van der Waals surface area contributed by atoms with E-state index >= 15 is 0 Å². The van der Waals surface area contributed by atoms with Crippen molar-refractivity contribution < 1.29 is 4.79 Å². The normalized spacial score (nSPS) is 10.5. The molecule has 2 heteroatoms. The Balaban J connectivity index is 2.30. The molecule has 0 aliphatic heterocycles. The van der Waals surface area contributed by atoms with Crippen LogP contribution in [0.5, 0.6) is 0 Å². The molecule has 0 fully saturated rings. The van der Waals surface area contributed by atoms with E-state index in [1.54, 1.807) is 0 Å². The van der Waals surface area contributed by atoms with Crippen LogP contribution in [0.15, 0.2) is 42.1 Å². The maximum atomic E-state index is 10.9. The summed E-state index contributed by atoms with van der Waals surface area (Å²) < 4.78 is 2.20. The second-order valence-corrected chi connectivity index (χ2v) is 4.48. The molecule has 0 aliphatic carbocycles. The highest BCUT2D eigenvalue weighted by Gasteiger charge is 2.03. The topological polar surface area (TPSA) is 22.0 Å². The number of fused-ring (bicyclic) bond motifs is 1. The van der Waals surface area contributed by atoms with Gasteiger partial charge in [0.15, 0.2) is 6.29 Å². The fourth-order valence-electron chi connectivity index (χ4n) is 2.04. The van der Waals surface area contributed by atoms with Crippen molar-refractivity contribution >= 4 is 17.2 Å². The average Bonchev–Trinajstić information content (AvgIpc) is 2.72. The Morgan fingerprint density at radius 1 is 1.29 bits per heavy atom. The van der Waals surface area contributed by atoms with E-state index < -0.39 is 0 Å². The molecular weight excluding hydrogens is 210 g/mol. The van der Waals surface area contributed by atoms with Gasteiger partial charge in [0.05, 0.1) is 0 Å². The number of aromatic nitrogens is 1. The summed E-state index contributed by atoms with van der Waals surface area (Å²) in [5.41, 5.74) is 3.25. The van der Waals surface area contributed by atoms with Crippen LogP contribution in [0.3, 0.4) is 0 Å². The SMILES string of the molecule is CC(C)=CCCn1ccc2c(C=O)cccc21. The summed E-state index contributed by atoms with van der Waals surface area (Å²) in [7, 11) is 0. The van der Waals surface area contributed by atoms with Gasteiger partial charge in [0.1, 0.15) is 0 Å². The first kappa shape index (κ1) is 11.6. The van der Waals surface area contributed by atoms with Crippen LogP contribution in [0, 0.1) is 0 Å². The van der Waals surface area contributed by atoms with Gasteiger partial charge < -0.3 is 4.57 Å². The molecule has 2 aromatic rings. The minimum Gasteiger partial charge on any atom is -0.347 e. The van der Waals surface area contributed by atoms with Gasteiger partial charge in [0, 0.05) is 29.2 Å². The first-order chi connectivity index (χ1) is 8.22. The first-order valence-corrected chi connectivity index (χ1v) is 5.89. The summed E-state index contributed by atoms with van der Waals surface area (Å²) in [5, 5.41) is 1.04. The molecule has 0 bridgehead atoms. The van der Waals surface area contributed by atoms with Gasteiger partial charge in [-0.3, -0.25) is 4.79 Å². The number of benzene rings is 1. The molecule has 0 radical (unpaired) electrons. The lowest BCUT2D eigenvalue weighted by molar-refractivity contribution is 0.112. The lowest BCUT2D eigenvalue weighted by Gasteiger charge is -2.03. The van der Waals surface area contributed by atoms with Crippen molar-refractivity contribution in [3.8, 4) is 0 Å². The van der Waals surface area contributed by atoms with Gasteiger partial charge in [-0.1, -0.05) is 23.8 Å². The second-order valence-electron chi connectivity index (χ2n) is 4.48. The van der Waals surface area contributed by atoms with Gasteiger partial charge in [0.2, 0.25) is 0 Å². The number of rotatable bonds is 4. The molecule has 0 saturated heterocycles. The second kappa shape index (κ2) is 5.00. The summed E-state index contributed by atoms with van der Waals surface area (Å²) in [4.78, 5) is 10.9. The van der Waals surface area contributed by atoms with E-state index in [9.17, 15) is 4.79 Å². The predicted molar refractivity (Wildman–Crippen MR) is 71.4 cm³/mol. The van der Waals surface area contributed by atoms with E-state index in [1.807, 2.05) is 18.2 Å². The van der Waals surface area contributed by atoms with Crippen molar-refractivity contribution in [2.75, 3.05) is 0 Å². The zero-order chi connectivity index (χ0) is 12.3. The van der Waals surface area contributed by atoms with Crippen molar-refractivity contribution in [1.82, 2.24) is 4.57 Å². The Hall–Kier alpha value is -1.83. The maximum Gasteiger partial charge on any atom is 0.150 e. The molecule has 0 spiro atoms. The van der Waals surface area contributed by atoms with E-state index in [-0.39, 0.29) is 0 Å². The molecule has 2 nitrogen and oxygen atoms in total. The average molecular weight is 227 g/mol. The standard InChI is InChI=1S/C15H17NO/c1-12(2)5-4-9-16-10-8-14-13(11-17)6-3-7-15(14)16/h3,5-8,10-11H,4,9H2,1-2H3. The largest absolute Gasteiger partial charge is 0.347 e. The summed E-state index contributed by atoms with van der Waals surface area (Å²) >= 11 is 0. The molecule has 1 aromatic carbocycles. The Kier molecular flexibility index (Phi) is 3.43. The molecule has 17 heavy (non-hydrogen) atoms. The van der Waals surface area contributed by atoms with E-state index in [1.165, 1.54) is 5.57 Å². The highest BCUT2D eigenvalue weighted by atomic mass is 16.1. The molecule has 0 aliphatic rings. The Morgan fingerprint density at radius 2 is 2.12 bits per heavy atom. The van der Waals surface area contributed by atoms with Gasteiger partial charge in [-0.25, -0.2) is 0 Å². The monoisotopic (exact) mass is 227 g/mol. The molecule has 0 saturated carbocycles. The zero-order valence-electron chi connectivity index (χ0n) is 10.3. The van der Waals surface area contributed by atoms with Gasteiger partial charge in [-0.2, -0.15) is 0 Å². The summed E-state index contributed by atoms with van der Waals surface area (Å²) in [6, 6.07) is 7.87. The quantitative estimate of drug-likeness (QED) is 0.575. The Bertz CT molecular complexity index is 559. The lowest BCUT2D eigenvalue weighted by atomic mass is 10.1. The molecule has 0 unspecified atom stereocenters. The minimum atomic E-state index is 0.767. The van der Waals surface area contributed by atoms with E-state index in [2.05, 4.69) is 36.8 Å². The van der Waals surface area contributed by atoms with E-state index in [0.29, 0.717) is 0 Å². The van der Waals surface area contributed by atoms with Crippen molar-refractivity contribution in [2.45, 2.75) is 26.8 Å². The number of hydrogen-bond donors (Lipinski definition) is 0. The van der Waals surface area contributed by atoms with Crippen molar-refractivity contribution in [2.24, 2.45) is 0 Å². The summed E-state index contributed by atoms with van der Waals surface area (Å²) in [6.45, 7) is 5.17. The fraction of sp³-hybridized carbons (Fsp3) is 0.267. The third-order valence-corrected chi connectivity index (χ3v) is 2.90. The van der Waals surface area contributed by atoms with E-state index in [0.717, 1.165) is 35.7 Å². The third kappa shape index (κ3) is 2.47. The van der Waals surface area contributed by atoms with Crippen molar-refractivity contribution in [1.29, 1.82) is 0 Å². The van der Waals surface area contributed by atoms with Crippen molar-refractivity contribution in [3.05, 3.63) is 47.7 Å². The number of allylic oxidation sites excluding steroid dienone is 2. The van der Waals surface area contributed by atoms with Gasteiger partial charge >= 0.3 is 0 Å². The molecule has 0 N–H and O–H groups in total. The van der Waals surface area contributed by atoms with Crippen LogP contribution in [0.1, 0.15) is 30.6 Å².